The van der Waals surface area contributed by atoms with Gasteiger partial charge in [-0.05, 0) is 30.5 Å². The number of fused-ring (bicyclic) bond motifs is 1. The van der Waals surface area contributed by atoms with Gasteiger partial charge in [0, 0.05) is 10.0 Å². The Hall–Kier alpha value is -0.850. The van der Waals surface area contributed by atoms with E-state index in [2.05, 4.69) is 15.9 Å². The van der Waals surface area contributed by atoms with Crippen molar-refractivity contribution in [2.24, 2.45) is 0 Å². The second-order valence-electron chi connectivity index (χ2n) is 3.27. The van der Waals surface area contributed by atoms with Gasteiger partial charge in [0.2, 0.25) is 0 Å². The fourth-order valence-corrected chi connectivity index (χ4v) is 2.15. The Morgan fingerprint density at radius 2 is 2.31 bits per heavy atom. The minimum atomic E-state index is -1.25. The van der Waals surface area contributed by atoms with Crippen molar-refractivity contribution in [3.8, 4) is 6.07 Å². The van der Waals surface area contributed by atoms with Crippen LogP contribution in [0.2, 0.25) is 0 Å². The molecule has 0 aromatic heterocycles. The van der Waals surface area contributed by atoms with E-state index in [0.29, 0.717) is 6.42 Å². The number of hydrogen-bond acceptors (Lipinski definition) is 2. The molecule has 0 bridgehead atoms. The SMILES string of the molecule is N#CC1(O)CCc2cc(Br)ccc21. The van der Waals surface area contributed by atoms with Crippen LogP contribution in [0.25, 0.3) is 0 Å². The molecular weight excluding hydrogens is 230 g/mol. The molecule has 1 aromatic carbocycles. The topological polar surface area (TPSA) is 44.0 Å². The lowest BCUT2D eigenvalue weighted by Gasteiger charge is -2.13. The first-order chi connectivity index (χ1) is 6.15. The molecule has 0 radical (unpaired) electrons. The summed E-state index contributed by atoms with van der Waals surface area (Å²) in [5, 5.41) is 18.7. The van der Waals surface area contributed by atoms with E-state index in [9.17, 15) is 5.11 Å². The van der Waals surface area contributed by atoms with Gasteiger partial charge in [-0.25, -0.2) is 0 Å². The van der Waals surface area contributed by atoms with Crippen molar-refractivity contribution in [1.82, 2.24) is 0 Å². The van der Waals surface area contributed by atoms with Gasteiger partial charge in [0.15, 0.2) is 5.60 Å². The average Bonchev–Trinajstić information content (AvgIpc) is 2.45. The molecule has 66 valence electrons. The van der Waals surface area contributed by atoms with Crippen LogP contribution in [0.3, 0.4) is 0 Å². The average molecular weight is 238 g/mol. The summed E-state index contributed by atoms with van der Waals surface area (Å²) >= 11 is 3.36. The number of hydrogen-bond donors (Lipinski definition) is 1. The molecule has 0 saturated heterocycles. The highest BCUT2D eigenvalue weighted by molar-refractivity contribution is 9.10. The van der Waals surface area contributed by atoms with Gasteiger partial charge in [0.1, 0.15) is 6.07 Å². The van der Waals surface area contributed by atoms with Crippen LogP contribution in [0.4, 0.5) is 0 Å². The van der Waals surface area contributed by atoms with E-state index < -0.39 is 5.60 Å². The van der Waals surface area contributed by atoms with E-state index in [4.69, 9.17) is 5.26 Å². The van der Waals surface area contributed by atoms with E-state index in [-0.39, 0.29) is 0 Å². The van der Waals surface area contributed by atoms with Crippen LogP contribution >= 0.6 is 15.9 Å². The van der Waals surface area contributed by atoms with Crippen molar-refractivity contribution < 1.29 is 5.11 Å². The predicted molar refractivity (Wildman–Crippen MR) is 52.0 cm³/mol. The van der Waals surface area contributed by atoms with Gasteiger partial charge in [-0.15, -0.1) is 0 Å². The molecular formula is C10H8BrNO. The molecule has 0 spiro atoms. The largest absolute Gasteiger partial charge is 0.371 e. The first-order valence-electron chi connectivity index (χ1n) is 4.08. The highest BCUT2D eigenvalue weighted by atomic mass is 79.9. The lowest BCUT2D eigenvalue weighted by molar-refractivity contribution is 0.1000. The van der Waals surface area contributed by atoms with Crippen LogP contribution in [-0.2, 0) is 12.0 Å². The van der Waals surface area contributed by atoms with Gasteiger partial charge < -0.3 is 5.11 Å². The first kappa shape index (κ1) is 8.74. The Kier molecular flexibility index (Phi) is 1.90. The number of aryl methyl sites for hydroxylation is 1. The number of halogens is 1. The smallest absolute Gasteiger partial charge is 0.177 e. The van der Waals surface area contributed by atoms with Crippen molar-refractivity contribution in [3.05, 3.63) is 33.8 Å². The van der Waals surface area contributed by atoms with Crippen LogP contribution in [-0.4, -0.2) is 5.11 Å². The van der Waals surface area contributed by atoms with E-state index in [1.165, 1.54) is 0 Å². The van der Waals surface area contributed by atoms with Crippen LogP contribution in [0.15, 0.2) is 22.7 Å². The van der Waals surface area contributed by atoms with E-state index in [1.807, 2.05) is 24.3 Å². The molecule has 1 aromatic rings. The second kappa shape index (κ2) is 2.83. The number of aliphatic hydroxyl groups is 1. The second-order valence-corrected chi connectivity index (χ2v) is 4.19. The van der Waals surface area contributed by atoms with Gasteiger partial charge >= 0.3 is 0 Å². The Balaban J connectivity index is 2.57. The lowest BCUT2D eigenvalue weighted by Crippen LogP contribution is -2.18. The maximum absolute atomic E-state index is 9.87. The number of nitrogens with zero attached hydrogens (tertiary/aromatic N) is 1. The zero-order valence-corrected chi connectivity index (χ0v) is 8.50. The highest BCUT2D eigenvalue weighted by Crippen LogP contribution is 2.37. The van der Waals surface area contributed by atoms with Crippen LogP contribution in [0.1, 0.15) is 17.5 Å². The van der Waals surface area contributed by atoms with Gasteiger partial charge in [-0.2, -0.15) is 5.26 Å². The zero-order valence-electron chi connectivity index (χ0n) is 6.92. The molecule has 2 rings (SSSR count). The Bertz CT molecular complexity index is 396. The summed E-state index contributed by atoms with van der Waals surface area (Å²) in [5.41, 5.74) is 0.576. The van der Waals surface area contributed by atoms with Crippen LogP contribution < -0.4 is 0 Å². The van der Waals surface area contributed by atoms with Gasteiger partial charge in [0.25, 0.3) is 0 Å². The van der Waals surface area contributed by atoms with Crippen molar-refractivity contribution in [2.75, 3.05) is 0 Å². The summed E-state index contributed by atoms with van der Waals surface area (Å²) in [6, 6.07) is 7.59. The molecule has 1 atom stereocenters. The lowest BCUT2D eigenvalue weighted by atomic mass is 9.98. The monoisotopic (exact) mass is 237 g/mol. The summed E-state index contributed by atoms with van der Waals surface area (Å²) in [5.74, 6) is 0. The van der Waals surface area contributed by atoms with Crippen LogP contribution in [0, 0.1) is 11.3 Å². The van der Waals surface area contributed by atoms with Crippen molar-refractivity contribution in [3.63, 3.8) is 0 Å². The summed E-state index contributed by atoms with van der Waals surface area (Å²) in [7, 11) is 0. The third-order valence-corrected chi connectivity index (χ3v) is 2.95. The Morgan fingerprint density at radius 1 is 1.54 bits per heavy atom. The van der Waals surface area contributed by atoms with Gasteiger partial charge in [0.05, 0.1) is 0 Å². The van der Waals surface area contributed by atoms with E-state index in [0.717, 1.165) is 22.0 Å². The van der Waals surface area contributed by atoms with Gasteiger partial charge in [-0.1, -0.05) is 22.0 Å². The van der Waals surface area contributed by atoms with Crippen molar-refractivity contribution in [1.29, 1.82) is 5.26 Å². The molecule has 1 N–H and O–H groups in total. The molecule has 1 aliphatic carbocycles. The minimum Gasteiger partial charge on any atom is -0.371 e. The maximum Gasteiger partial charge on any atom is 0.177 e. The Labute approximate surface area is 84.9 Å². The van der Waals surface area contributed by atoms with Crippen molar-refractivity contribution >= 4 is 15.9 Å². The zero-order chi connectivity index (χ0) is 9.47. The molecule has 0 fully saturated rings. The quantitative estimate of drug-likeness (QED) is 0.703. The normalized spacial score (nSPS) is 25.3. The number of nitriles is 1. The van der Waals surface area contributed by atoms with Crippen LogP contribution in [0.5, 0.6) is 0 Å². The molecule has 3 heteroatoms. The molecule has 0 heterocycles. The van der Waals surface area contributed by atoms with E-state index >= 15 is 0 Å². The standard InChI is InChI=1S/C10H8BrNO/c11-8-1-2-9-7(5-8)3-4-10(9,13)6-12/h1-2,5,13H,3-4H2. The maximum atomic E-state index is 9.87. The predicted octanol–water partition coefficient (Wildman–Crippen LogP) is 2.11. The molecule has 0 saturated carbocycles. The highest BCUT2D eigenvalue weighted by Gasteiger charge is 2.36. The van der Waals surface area contributed by atoms with Crippen molar-refractivity contribution in [2.45, 2.75) is 18.4 Å². The summed E-state index contributed by atoms with van der Waals surface area (Å²) in [6.45, 7) is 0. The van der Waals surface area contributed by atoms with Gasteiger partial charge in [-0.3, -0.25) is 0 Å². The summed E-state index contributed by atoms with van der Waals surface area (Å²) in [6.07, 6.45) is 1.29. The summed E-state index contributed by atoms with van der Waals surface area (Å²) < 4.78 is 0.994. The molecule has 0 aliphatic heterocycles. The molecule has 2 nitrogen and oxygen atoms in total. The molecule has 13 heavy (non-hydrogen) atoms. The molecule has 1 unspecified atom stereocenters. The molecule has 1 aliphatic rings. The fourth-order valence-electron chi connectivity index (χ4n) is 1.74. The van der Waals surface area contributed by atoms with E-state index in [1.54, 1.807) is 0 Å². The molecule has 0 amide bonds. The third kappa shape index (κ3) is 1.27. The fraction of sp³-hybridized carbons (Fsp3) is 0.300. The minimum absolute atomic E-state index is 0.509. The third-order valence-electron chi connectivity index (χ3n) is 2.45. The summed E-state index contributed by atoms with van der Waals surface area (Å²) in [4.78, 5) is 0. The number of benzene rings is 1. The first-order valence-corrected chi connectivity index (χ1v) is 4.87. The number of rotatable bonds is 0. The Morgan fingerprint density at radius 3 is 3.00 bits per heavy atom.